The van der Waals surface area contributed by atoms with Gasteiger partial charge in [-0.15, -0.1) is 0 Å². The molecule has 2 aromatic rings. The summed E-state index contributed by atoms with van der Waals surface area (Å²) in [6.45, 7) is 8.21. The summed E-state index contributed by atoms with van der Waals surface area (Å²) in [5, 5.41) is 0.587. The smallest absolute Gasteiger partial charge is 0.169 e. The van der Waals surface area contributed by atoms with Crippen LogP contribution in [0, 0.1) is 0 Å². The SMILES string of the molecule is CCN(CC)CCCOc1ccccc1Oc1ccccc1Cl. The Bertz CT molecular complexity index is 599. The molecule has 0 spiro atoms. The summed E-state index contributed by atoms with van der Waals surface area (Å²) < 4.78 is 11.8. The van der Waals surface area contributed by atoms with Gasteiger partial charge < -0.3 is 14.4 Å². The lowest BCUT2D eigenvalue weighted by Crippen LogP contribution is -2.25. The molecule has 0 bridgehead atoms. The lowest BCUT2D eigenvalue weighted by molar-refractivity contribution is 0.244. The zero-order valence-electron chi connectivity index (χ0n) is 13.8. The third-order valence-corrected chi connectivity index (χ3v) is 3.99. The van der Waals surface area contributed by atoms with E-state index in [9.17, 15) is 0 Å². The summed E-state index contributed by atoms with van der Waals surface area (Å²) in [5.74, 6) is 2.06. The summed E-state index contributed by atoms with van der Waals surface area (Å²) in [4.78, 5) is 2.38. The topological polar surface area (TPSA) is 21.7 Å². The largest absolute Gasteiger partial charge is 0.490 e. The zero-order chi connectivity index (χ0) is 16.5. The highest BCUT2D eigenvalue weighted by molar-refractivity contribution is 6.32. The van der Waals surface area contributed by atoms with Gasteiger partial charge in [0.15, 0.2) is 11.5 Å². The van der Waals surface area contributed by atoms with Crippen LogP contribution in [-0.2, 0) is 0 Å². The maximum atomic E-state index is 6.15. The van der Waals surface area contributed by atoms with E-state index in [1.807, 2.05) is 48.5 Å². The average Bonchev–Trinajstić information content (AvgIpc) is 2.58. The van der Waals surface area contributed by atoms with Crippen LogP contribution >= 0.6 is 11.6 Å². The number of halogens is 1. The minimum absolute atomic E-state index is 0.587. The first kappa shape index (κ1) is 17.6. The molecule has 0 unspecified atom stereocenters. The Kier molecular flexibility index (Phi) is 7.24. The van der Waals surface area contributed by atoms with Crippen LogP contribution < -0.4 is 9.47 Å². The molecule has 4 heteroatoms. The highest BCUT2D eigenvalue weighted by atomic mass is 35.5. The van der Waals surface area contributed by atoms with Crippen molar-refractivity contribution >= 4 is 11.6 Å². The van der Waals surface area contributed by atoms with E-state index in [-0.39, 0.29) is 0 Å². The van der Waals surface area contributed by atoms with E-state index in [1.165, 1.54) is 0 Å². The fourth-order valence-electron chi connectivity index (χ4n) is 2.31. The van der Waals surface area contributed by atoms with Gasteiger partial charge in [-0.25, -0.2) is 0 Å². The Hall–Kier alpha value is -1.71. The van der Waals surface area contributed by atoms with Crippen LogP contribution in [-0.4, -0.2) is 31.1 Å². The van der Waals surface area contributed by atoms with E-state index in [2.05, 4.69) is 18.7 Å². The van der Waals surface area contributed by atoms with E-state index in [0.717, 1.165) is 31.8 Å². The predicted molar refractivity (Wildman–Crippen MR) is 95.9 cm³/mol. The van der Waals surface area contributed by atoms with Gasteiger partial charge in [-0.3, -0.25) is 0 Å². The van der Waals surface area contributed by atoms with Gasteiger partial charge >= 0.3 is 0 Å². The first-order valence-corrected chi connectivity index (χ1v) is 8.49. The second-order valence-corrected chi connectivity index (χ2v) is 5.62. The van der Waals surface area contributed by atoms with Gasteiger partial charge in [-0.2, -0.15) is 0 Å². The third-order valence-electron chi connectivity index (χ3n) is 3.68. The first-order valence-electron chi connectivity index (χ1n) is 8.11. The molecule has 0 saturated heterocycles. The Labute approximate surface area is 143 Å². The highest BCUT2D eigenvalue weighted by Gasteiger charge is 2.08. The molecule has 2 rings (SSSR count). The first-order chi connectivity index (χ1) is 11.2. The van der Waals surface area contributed by atoms with Crippen LogP contribution in [0.15, 0.2) is 48.5 Å². The molecule has 0 heterocycles. The van der Waals surface area contributed by atoms with E-state index >= 15 is 0 Å². The maximum Gasteiger partial charge on any atom is 0.169 e. The van der Waals surface area contributed by atoms with Crippen molar-refractivity contribution in [1.82, 2.24) is 4.90 Å². The van der Waals surface area contributed by atoms with Gasteiger partial charge in [0.1, 0.15) is 5.75 Å². The molecule has 0 aliphatic heterocycles. The number of para-hydroxylation sites is 3. The van der Waals surface area contributed by atoms with E-state index in [4.69, 9.17) is 21.1 Å². The van der Waals surface area contributed by atoms with Gasteiger partial charge in [0.05, 0.1) is 11.6 Å². The Morgan fingerprint density at radius 3 is 2.13 bits per heavy atom. The minimum Gasteiger partial charge on any atom is -0.490 e. The van der Waals surface area contributed by atoms with Gasteiger partial charge in [0, 0.05) is 6.54 Å². The standard InChI is InChI=1S/C19H24ClNO2/c1-3-21(4-2)14-9-15-22-18-12-7-8-13-19(18)23-17-11-6-5-10-16(17)20/h5-8,10-13H,3-4,9,14-15H2,1-2H3. The molecule has 23 heavy (non-hydrogen) atoms. The van der Waals surface area contributed by atoms with Crippen molar-refractivity contribution in [3.05, 3.63) is 53.6 Å². The van der Waals surface area contributed by atoms with E-state index in [0.29, 0.717) is 23.1 Å². The van der Waals surface area contributed by atoms with Crippen molar-refractivity contribution in [3.8, 4) is 17.2 Å². The third kappa shape index (κ3) is 5.45. The fourth-order valence-corrected chi connectivity index (χ4v) is 2.48. The fraction of sp³-hybridized carbons (Fsp3) is 0.368. The van der Waals surface area contributed by atoms with Crippen molar-refractivity contribution in [2.24, 2.45) is 0 Å². The molecule has 0 amide bonds. The van der Waals surface area contributed by atoms with Crippen LogP contribution in [0.5, 0.6) is 17.2 Å². The monoisotopic (exact) mass is 333 g/mol. The van der Waals surface area contributed by atoms with Crippen molar-refractivity contribution in [2.45, 2.75) is 20.3 Å². The number of hydrogen-bond donors (Lipinski definition) is 0. The van der Waals surface area contributed by atoms with Crippen LogP contribution in [0.25, 0.3) is 0 Å². The molecule has 0 aliphatic rings. The van der Waals surface area contributed by atoms with Gasteiger partial charge in [-0.1, -0.05) is 49.7 Å². The van der Waals surface area contributed by atoms with Crippen molar-refractivity contribution in [3.63, 3.8) is 0 Å². The van der Waals surface area contributed by atoms with Crippen LogP contribution in [0.2, 0.25) is 5.02 Å². The Morgan fingerprint density at radius 1 is 0.870 bits per heavy atom. The minimum atomic E-state index is 0.587. The summed E-state index contributed by atoms with van der Waals surface area (Å²) in [6.07, 6.45) is 0.988. The molecule has 0 N–H and O–H groups in total. The summed E-state index contributed by atoms with van der Waals surface area (Å²) in [6, 6.07) is 15.1. The number of rotatable bonds is 9. The van der Waals surface area contributed by atoms with Crippen LogP contribution in [0.1, 0.15) is 20.3 Å². The van der Waals surface area contributed by atoms with Gasteiger partial charge in [0.25, 0.3) is 0 Å². The van der Waals surface area contributed by atoms with E-state index < -0.39 is 0 Å². The van der Waals surface area contributed by atoms with Crippen molar-refractivity contribution in [2.75, 3.05) is 26.2 Å². The zero-order valence-corrected chi connectivity index (χ0v) is 14.6. The summed E-state index contributed by atoms with van der Waals surface area (Å²) in [7, 11) is 0. The molecule has 0 aliphatic carbocycles. The molecule has 0 atom stereocenters. The second kappa shape index (κ2) is 9.43. The number of nitrogens with zero attached hydrogens (tertiary/aromatic N) is 1. The normalized spacial score (nSPS) is 10.8. The molecule has 2 aromatic carbocycles. The number of benzene rings is 2. The Balaban J connectivity index is 1.94. The molecule has 124 valence electrons. The second-order valence-electron chi connectivity index (χ2n) is 5.21. The maximum absolute atomic E-state index is 6.15. The van der Waals surface area contributed by atoms with Crippen LogP contribution in [0.4, 0.5) is 0 Å². The predicted octanol–water partition coefficient (Wildman–Crippen LogP) is 5.24. The molecule has 0 radical (unpaired) electrons. The van der Waals surface area contributed by atoms with E-state index in [1.54, 1.807) is 0 Å². The summed E-state index contributed by atoms with van der Waals surface area (Å²) >= 11 is 6.15. The average molecular weight is 334 g/mol. The van der Waals surface area contributed by atoms with Crippen molar-refractivity contribution in [1.29, 1.82) is 0 Å². The molecular formula is C19H24ClNO2. The number of ether oxygens (including phenoxy) is 2. The molecular weight excluding hydrogens is 310 g/mol. The lowest BCUT2D eigenvalue weighted by atomic mass is 10.3. The molecule has 0 saturated carbocycles. The molecule has 3 nitrogen and oxygen atoms in total. The van der Waals surface area contributed by atoms with Gasteiger partial charge in [0.2, 0.25) is 0 Å². The van der Waals surface area contributed by atoms with Gasteiger partial charge in [-0.05, 0) is 43.8 Å². The molecule has 0 aromatic heterocycles. The molecule has 0 fully saturated rings. The van der Waals surface area contributed by atoms with Crippen molar-refractivity contribution < 1.29 is 9.47 Å². The van der Waals surface area contributed by atoms with Crippen LogP contribution in [0.3, 0.4) is 0 Å². The quantitative estimate of drug-likeness (QED) is 0.585. The lowest BCUT2D eigenvalue weighted by Gasteiger charge is -2.18. The highest BCUT2D eigenvalue weighted by Crippen LogP contribution is 2.34. The Morgan fingerprint density at radius 2 is 1.48 bits per heavy atom. The number of hydrogen-bond acceptors (Lipinski definition) is 3. The summed E-state index contributed by atoms with van der Waals surface area (Å²) in [5.41, 5.74) is 0.